The summed E-state index contributed by atoms with van der Waals surface area (Å²) in [5, 5.41) is 11.1. The third-order valence-corrected chi connectivity index (χ3v) is 4.11. The lowest BCUT2D eigenvalue weighted by Crippen LogP contribution is -2.46. The van der Waals surface area contributed by atoms with Crippen molar-refractivity contribution in [1.29, 1.82) is 0 Å². The number of nitrogens with one attached hydrogen (secondary N) is 1. The zero-order valence-corrected chi connectivity index (χ0v) is 12.1. The number of piperazine rings is 1. The minimum absolute atomic E-state index is 0.687. The molecule has 0 atom stereocenters. The maximum absolute atomic E-state index is 6.02. The highest BCUT2D eigenvalue weighted by Gasteiger charge is 2.21. The van der Waals surface area contributed by atoms with Crippen molar-refractivity contribution in [3.8, 4) is 0 Å². The van der Waals surface area contributed by atoms with Crippen molar-refractivity contribution in [2.24, 2.45) is 0 Å². The fourth-order valence-corrected chi connectivity index (χ4v) is 2.69. The van der Waals surface area contributed by atoms with Gasteiger partial charge in [0.1, 0.15) is 15.9 Å². The molecule has 3 rings (SSSR count). The molecule has 0 aromatic carbocycles. The van der Waals surface area contributed by atoms with Gasteiger partial charge in [-0.3, -0.25) is 10.00 Å². The Hall–Kier alpha value is -1.25. The van der Waals surface area contributed by atoms with Gasteiger partial charge in [0.25, 0.3) is 0 Å². The summed E-state index contributed by atoms with van der Waals surface area (Å²) in [5.74, 6) is 1.63. The molecule has 0 amide bonds. The molecule has 0 bridgehead atoms. The molecule has 19 heavy (non-hydrogen) atoms. The molecule has 0 radical (unpaired) electrons. The van der Waals surface area contributed by atoms with Gasteiger partial charge in [0.15, 0.2) is 0 Å². The third kappa shape index (κ3) is 2.85. The van der Waals surface area contributed by atoms with E-state index in [1.54, 1.807) is 0 Å². The van der Waals surface area contributed by atoms with E-state index in [-0.39, 0.29) is 0 Å². The van der Waals surface area contributed by atoms with E-state index in [4.69, 9.17) is 11.6 Å². The first-order chi connectivity index (χ1) is 9.22. The molecule has 1 N–H and O–H groups in total. The van der Waals surface area contributed by atoms with E-state index in [2.05, 4.69) is 34.6 Å². The van der Waals surface area contributed by atoms with Gasteiger partial charge in [-0.25, -0.2) is 0 Å². The zero-order chi connectivity index (χ0) is 13.2. The highest BCUT2D eigenvalue weighted by molar-refractivity contribution is 7.10. The van der Waals surface area contributed by atoms with Crippen LogP contribution in [0.2, 0.25) is 4.34 Å². The first-order valence-corrected chi connectivity index (χ1v) is 7.20. The number of hydrogen-bond donors (Lipinski definition) is 1. The standard InChI is InChI=1S/C10H14ClN7S/c1-7-12-10(15-13-7)18-4-2-17(3-5-18)6-8-9(11)19-16-14-8/h2-6H2,1H3,(H,12,13,15). The van der Waals surface area contributed by atoms with Gasteiger partial charge in [0.05, 0.1) is 0 Å². The SMILES string of the molecule is Cc1nc(N2CCN(Cc3nnsc3Cl)CC2)n[nH]1. The van der Waals surface area contributed by atoms with Crippen molar-refractivity contribution in [3.63, 3.8) is 0 Å². The average molecular weight is 300 g/mol. The van der Waals surface area contributed by atoms with Gasteiger partial charge in [-0.15, -0.1) is 10.2 Å². The molecule has 9 heteroatoms. The van der Waals surface area contributed by atoms with Crippen LogP contribution in [-0.2, 0) is 6.54 Å². The number of aromatic amines is 1. The zero-order valence-electron chi connectivity index (χ0n) is 10.5. The Morgan fingerprint density at radius 3 is 2.68 bits per heavy atom. The summed E-state index contributed by atoms with van der Waals surface area (Å²) in [6.07, 6.45) is 0. The highest BCUT2D eigenvalue weighted by Crippen LogP contribution is 2.20. The molecule has 0 unspecified atom stereocenters. The van der Waals surface area contributed by atoms with E-state index >= 15 is 0 Å². The Balaban J connectivity index is 1.56. The van der Waals surface area contributed by atoms with Gasteiger partial charge in [-0.2, -0.15) is 4.98 Å². The number of anilines is 1. The van der Waals surface area contributed by atoms with Crippen LogP contribution in [0.5, 0.6) is 0 Å². The van der Waals surface area contributed by atoms with Gasteiger partial charge < -0.3 is 4.90 Å². The Kier molecular flexibility index (Phi) is 3.63. The van der Waals surface area contributed by atoms with Crippen LogP contribution in [0.1, 0.15) is 11.5 Å². The summed E-state index contributed by atoms with van der Waals surface area (Å²) in [5.41, 5.74) is 0.869. The van der Waals surface area contributed by atoms with Crippen LogP contribution < -0.4 is 4.90 Å². The van der Waals surface area contributed by atoms with Crippen LogP contribution >= 0.6 is 23.1 Å². The predicted molar refractivity (Wildman–Crippen MR) is 73.5 cm³/mol. The lowest BCUT2D eigenvalue weighted by molar-refractivity contribution is 0.246. The lowest BCUT2D eigenvalue weighted by Gasteiger charge is -2.33. The van der Waals surface area contributed by atoms with Crippen LogP contribution in [-0.4, -0.2) is 55.8 Å². The number of hydrogen-bond acceptors (Lipinski definition) is 7. The maximum Gasteiger partial charge on any atom is 0.244 e. The summed E-state index contributed by atoms with van der Waals surface area (Å²) < 4.78 is 4.54. The van der Waals surface area contributed by atoms with Gasteiger partial charge >= 0.3 is 0 Å². The van der Waals surface area contributed by atoms with Gasteiger partial charge in [0, 0.05) is 44.3 Å². The van der Waals surface area contributed by atoms with Gasteiger partial charge in [0.2, 0.25) is 5.95 Å². The molecule has 2 aromatic heterocycles. The first kappa shape index (κ1) is 12.8. The Bertz CT molecular complexity index is 546. The number of rotatable bonds is 3. The molecule has 2 aromatic rings. The molecule has 1 saturated heterocycles. The number of aryl methyl sites for hydroxylation is 1. The molecule has 7 nitrogen and oxygen atoms in total. The Labute approximate surface area is 119 Å². The quantitative estimate of drug-likeness (QED) is 0.909. The molecule has 1 aliphatic rings. The highest BCUT2D eigenvalue weighted by atomic mass is 35.5. The molecule has 102 valence electrons. The van der Waals surface area contributed by atoms with Gasteiger partial charge in [-0.1, -0.05) is 16.1 Å². The van der Waals surface area contributed by atoms with Crippen LogP contribution in [0, 0.1) is 6.92 Å². The summed E-state index contributed by atoms with van der Waals surface area (Å²) >= 11 is 7.25. The van der Waals surface area contributed by atoms with Crippen molar-refractivity contribution in [3.05, 3.63) is 15.9 Å². The van der Waals surface area contributed by atoms with Crippen LogP contribution in [0.25, 0.3) is 0 Å². The summed E-state index contributed by atoms with van der Waals surface area (Å²) in [7, 11) is 0. The van der Waals surface area contributed by atoms with E-state index in [1.165, 1.54) is 11.5 Å². The third-order valence-electron chi connectivity index (χ3n) is 3.12. The predicted octanol–water partition coefficient (Wildman–Crippen LogP) is 0.940. The summed E-state index contributed by atoms with van der Waals surface area (Å²) in [6.45, 7) is 6.38. The molecule has 0 saturated carbocycles. The van der Waals surface area contributed by atoms with Crippen molar-refractivity contribution in [2.75, 3.05) is 31.1 Å². The van der Waals surface area contributed by atoms with E-state index in [0.29, 0.717) is 4.34 Å². The van der Waals surface area contributed by atoms with Crippen molar-refractivity contribution < 1.29 is 0 Å². The number of nitrogens with zero attached hydrogens (tertiary/aromatic N) is 6. The molecule has 3 heterocycles. The fraction of sp³-hybridized carbons (Fsp3) is 0.600. The Morgan fingerprint density at radius 1 is 1.32 bits per heavy atom. The van der Waals surface area contributed by atoms with E-state index in [1.807, 2.05) is 6.92 Å². The second-order valence-corrected chi connectivity index (χ2v) is 5.83. The Morgan fingerprint density at radius 2 is 2.11 bits per heavy atom. The lowest BCUT2D eigenvalue weighted by atomic mass is 10.3. The van der Waals surface area contributed by atoms with E-state index < -0.39 is 0 Å². The van der Waals surface area contributed by atoms with Gasteiger partial charge in [-0.05, 0) is 6.92 Å². The minimum Gasteiger partial charge on any atom is -0.337 e. The van der Waals surface area contributed by atoms with Crippen LogP contribution in [0.15, 0.2) is 0 Å². The van der Waals surface area contributed by atoms with E-state index in [0.717, 1.165) is 50.2 Å². The van der Waals surface area contributed by atoms with E-state index in [9.17, 15) is 0 Å². The van der Waals surface area contributed by atoms with Crippen molar-refractivity contribution in [1.82, 2.24) is 29.7 Å². The van der Waals surface area contributed by atoms with Crippen molar-refractivity contribution >= 4 is 29.1 Å². The first-order valence-electron chi connectivity index (χ1n) is 6.05. The molecule has 1 aliphatic heterocycles. The minimum atomic E-state index is 0.687. The molecular weight excluding hydrogens is 286 g/mol. The number of aromatic nitrogens is 5. The monoisotopic (exact) mass is 299 g/mol. The second kappa shape index (κ2) is 5.40. The maximum atomic E-state index is 6.02. The molecule has 1 fully saturated rings. The second-order valence-electron chi connectivity index (χ2n) is 4.48. The molecule has 0 aliphatic carbocycles. The molecule has 0 spiro atoms. The van der Waals surface area contributed by atoms with Crippen LogP contribution in [0.3, 0.4) is 0 Å². The number of H-pyrrole nitrogens is 1. The fourth-order valence-electron chi connectivity index (χ4n) is 2.08. The number of halogens is 1. The smallest absolute Gasteiger partial charge is 0.244 e. The van der Waals surface area contributed by atoms with Crippen molar-refractivity contribution in [2.45, 2.75) is 13.5 Å². The molecular formula is C10H14ClN7S. The topological polar surface area (TPSA) is 73.8 Å². The largest absolute Gasteiger partial charge is 0.337 e. The summed E-state index contributed by atoms with van der Waals surface area (Å²) in [6, 6.07) is 0. The summed E-state index contributed by atoms with van der Waals surface area (Å²) in [4.78, 5) is 8.85. The normalized spacial score (nSPS) is 17.1. The van der Waals surface area contributed by atoms with Crippen LogP contribution in [0.4, 0.5) is 5.95 Å². The average Bonchev–Trinajstić information content (AvgIpc) is 3.00.